The van der Waals surface area contributed by atoms with Gasteiger partial charge in [-0.2, -0.15) is 0 Å². The second-order valence-electron chi connectivity index (χ2n) is 4.65. The molecule has 1 aliphatic rings. The maximum absolute atomic E-state index is 5.73. The third-order valence-electron chi connectivity index (χ3n) is 3.34. The molecule has 4 nitrogen and oxygen atoms in total. The van der Waals surface area contributed by atoms with Crippen LogP contribution < -0.4 is 14.8 Å². The number of fused-ring (bicyclic) bond motifs is 1. The van der Waals surface area contributed by atoms with Crippen molar-refractivity contribution in [2.24, 2.45) is 0 Å². The number of hydrogen-bond donors (Lipinski definition) is 1. The van der Waals surface area contributed by atoms with Gasteiger partial charge in [0.15, 0.2) is 11.5 Å². The van der Waals surface area contributed by atoms with Crippen molar-refractivity contribution >= 4 is 11.3 Å². The number of hydrogen-bond acceptors (Lipinski definition) is 5. The van der Waals surface area contributed by atoms with Crippen LogP contribution in [0.3, 0.4) is 0 Å². The number of nitrogens with one attached hydrogen (secondary N) is 1. The van der Waals surface area contributed by atoms with Crippen molar-refractivity contribution in [1.29, 1.82) is 0 Å². The standard InChI is InChI=1S/C15H18N2O2S/c1-2-12(15-16-6-9-20-15)17-10-11-4-3-5-13-14(11)19-8-7-18-13/h3-6,9,12,17H,2,7-8,10H2,1H3. The lowest BCUT2D eigenvalue weighted by molar-refractivity contribution is 0.169. The molecule has 0 saturated carbocycles. The van der Waals surface area contributed by atoms with E-state index in [-0.39, 0.29) is 6.04 Å². The Bertz CT molecular complexity index is 557. The molecule has 106 valence electrons. The van der Waals surface area contributed by atoms with Gasteiger partial charge in [0.25, 0.3) is 0 Å². The number of nitrogens with zero attached hydrogens (tertiary/aromatic N) is 1. The minimum absolute atomic E-state index is 0.287. The van der Waals surface area contributed by atoms with Gasteiger partial charge in [-0.25, -0.2) is 4.98 Å². The lowest BCUT2D eigenvalue weighted by atomic mass is 10.1. The monoisotopic (exact) mass is 290 g/mol. The summed E-state index contributed by atoms with van der Waals surface area (Å²) in [4.78, 5) is 4.39. The maximum atomic E-state index is 5.73. The van der Waals surface area contributed by atoms with E-state index < -0.39 is 0 Å². The predicted molar refractivity (Wildman–Crippen MR) is 79.4 cm³/mol. The summed E-state index contributed by atoms with van der Waals surface area (Å²) in [7, 11) is 0. The van der Waals surface area contributed by atoms with Crippen LogP contribution in [0.5, 0.6) is 11.5 Å². The molecule has 1 atom stereocenters. The molecule has 20 heavy (non-hydrogen) atoms. The van der Waals surface area contributed by atoms with E-state index >= 15 is 0 Å². The zero-order chi connectivity index (χ0) is 13.8. The Labute approximate surface area is 122 Å². The smallest absolute Gasteiger partial charge is 0.165 e. The molecule has 1 unspecified atom stereocenters. The summed E-state index contributed by atoms with van der Waals surface area (Å²) >= 11 is 1.69. The fourth-order valence-corrected chi connectivity index (χ4v) is 3.12. The van der Waals surface area contributed by atoms with Crippen LogP contribution in [0.25, 0.3) is 0 Å². The molecule has 3 rings (SSSR count). The summed E-state index contributed by atoms with van der Waals surface area (Å²) < 4.78 is 11.3. The van der Waals surface area contributed by atoms with Crippen molar-refractivity contribution in [3.05, 3.63) is 40.3 Å². The largest absolute Gasteiger partial charge is 0.486 e. The molecule has 5 heteroatoms. The SMILES string of the molecule is CCC(NCc1cccc2c1OCCO2)c1nccs1. The molecular weight excluding hydrogens is 272 g/mol. The highest BCUT2D eigenvalue weighted by Gasteiger charge is 2.17. The first-order valence-electron chi connectivity index (χ1n) is 6.88. The van der Waals surface area contributed by atoms with Crippen LogP contribution >= 0.6 is 11.3 Å². The first-order chi connectivity index (χ1) is 9.88. The third-order valence-corrected chi connectivity index (χ3v) is 4.23. The van der Waals surface area contributed by atoms with Crippen LogP contribution in [-0.2, 0) is 6.54 Å². The number of aromatic nitrogens is 1. The Kier molecular flexibility index (Phi) is 4.18. The van der Waals surface area contributed by atoms with Gasteiger partial charge in [-0.05, 0) is 12.5 Å². The van der Waals surface area contributed by atoms with Gasteiger partial charge >= 0.3 is 0 Å². The van der Waals surface area contributed by atoms with E-state index in [0.717, 1.165) is 35.0 Å². The van der Waals surface area contributed by atoms with Crippen LogP contribution in [0.4, 0.5) is 0 Å². The van der Waals surface area contributed by atoms with Gasteiger partial charge < -0.3 is 14.8 Å². The van der Waals surface area contributed by atoms with Gasteiger partial charge in [0.05, 0.1) is 6.04 Å². The molecule has 1 aromatic carbocycles. The van der Waals surface area contributed by atoms with Crippen LogP contribution in [0, 0.1) is 0 Å². The van der Waals surface area contributed by atoms with Crippen molar-refractivity contribution in [2.45, 2.75) is 25.9 Å². The average Bonchev–Trinajstić information content (AvgIpc) is 3.02. The lowest BCUT2D eigenvalue weighted by Gasteiger charge is -2.22. The number of rotatable bonds is 5. The first kappa shape index (κ1) is 13.4. The van der Waals surface area contributed by atoms with Crippen molar-refractivity contribution < 1.29 is 9.47 Å². The molecule has 0 bridgehead atoms. The third kappa shape index (κ3) is 2.78. The molecule has 2 heterocycles. The average molecular weight is 290 g/mol. The minimum atomic E-state index is 0.287. The Balaban J connectivity index is 1.72. The number of para-hydroxylation sites is 1. The highest BCUT2D eigenvalue weighted by molar-refractivity contribution is 7.09. The van der Waals surface area contributed by atoms with E-state index in [1.54, 1.807) is 11.3 Å². The minimum Gasteiger partial charge on any atom is -0.486 e. The number of ether oxygens (including phenoxy) is 2. The molecule has 0 aliphatic carbocycles. The summed E-state index contributed by atoms with van der Waals surface area (Å²) in [6.45, 7) is 4.16. The van der Waals surface area contributed by atoms with Crippen molar-refractivity contribution in [3.63, 3.8) is 0 Å². The van der Waals surface area contributed by atoms with Crippen molar-refractivity contribution in [3.8, 4) is 11.5 Å². The van der Waals surface area contributed by atoms with E-state index in [1.807, 2.05) is 23.7 Å². The van der Waals surface area contributed by atoms with Gasteiger partial charge in [-0.15, -0.1) is 11.3 Å². The highest BCUT2D eigenvalue weighted by atomic mass is 32.1. The van der Waals surface area contributed by atoms with E-state index in [0.29, 0.717) is 13.2 Å². The number of thiazole rings is 1. The van der Waals surface area contributed by atoms with Crippen LogP contribution in [0.15, 0.2) is 29.8 Å². The van der Waals surface area contributed by atoms with Gasteiger partial charge in [0, 0.05) is 23.7 Å². The Morgan fingerprint density at radius 3 is 3.05 bits per heavy atom. The Morgan fingerprint density at radius 2 is 2.25 bits per heavy atom. The second-order valence-corrected chi connectivity index (χ2v) is 5.58. The highest BCUT2D eigenvalue weighted by Crippen LogP contribution is 2.34. The summed E-state index contributed by atoms with van der Waals surface area (Å²) in [6.07, 6.45) is 2.87. The second kappa shape index (κ2) is 6.24. The number of benzene rings is 1. The van der Waals surface area contributed by atoms with E-state index in [2.05, 4.69) is 23.3 Å². The van der Waals surface area contributed by atoms with Gasteiger partial charge in [-0.3, -0.25) is 0 Å². The fraction of sp³-hybridized carbons (Fsp3) is 0.400. The van der Waals surface area contributed by atoms with Crippen molar-refractivity contribution in [1.82, 2.24) is 10.3 Å². The normalized spacial score (nSPS) is 15.1. The molecular formula is C15H18N2O2S. The molecule has 1 aromatic heterocycles. The van der Waals surface area contributed by atoms with Gasteiger partial charge in [-0.1, -0.05) is 19.1 Å². The first-order valence-corrected chi connectivity index (χ1v) is 7.76. The predicted octanol–water partition coefficient (Wildman–Crippen LogP) is 3.16. The quantitative estimate of drug-likeness (QED) is 0.918. The van der Waals surface area contributed by atoms with Crippen LogP contribution in [0.2, 0.25) is 0 Å². The lowest BCUT2D eigenvalue weighted by Crippen LogP contribution is -2.22. The Morgan fingerprint density at radius 1 is 1.35 bits per heavy atom. The van der Waals surface area contributed by atoms with E-state index in [1.165, 1.54) is 0 Å². The van der Waals surface area contributed by atoms with Gasteiger partial charge in [0.1, 0.15) is 18.2 Å². The molecule has 0 fully saturated rings. The molecule has 2 aromatic rings. The van der Waals surface area contributed by atoms with E-state index in [4.69, 9.17) is 9.47 Å². The zero-order valence-corrected chi connectivity index (χ0v) is 12.3. The molecule has 1 aliphatic heterocycles. The molecule has 0 spiro atoms. The summed E-state index contributed by atoms with van der Waals surface area (Å²) in [5, 5.41) is 6.70. The fourth-order valence-electron chi connectivity index (χ4n) is 2.32. The topological polar surface area (TPSA) is 43.4 Å². The molecule has 0 amide bonds. The molecule has 0 radical (unpaired) electrons. The molecule has 0 saturated heterocycles. The summed E-state index contributed by atoms with van der Waals surface area (Å²) in [6, 6.07) is 6.33. The maximum Gasteiger partial charge on any atom is 0.165 e. The Hall–Kier alpha value is -1.59. The van der Waals surface area contributed by atoms with E-state index in [9.17, 15) is 0 Å². The zero-order valence-electron chi connectivity index (χ0n) is 11.5. The van der Waals surface area contributed by atoms with Crippen molar-refractivity contribution in [2.75, 3.05) is 13.2 Å². The summed E-state index contributed by atoms with van der Waals surface area (Å²) in [5.74, 6) is 1.72. The van der Waals surface area contributed by atoms with Crippen LogP contribution in [-0.4, -0.2) is 18.2 Å². The van der Waals surface area contributed by atoms with Crippen LogP contribution in [0.1, 0.15) is 30.0 Å². The molecule has 1 N–H and O–H groups in total. The summed E-state index contributed by atoms with van der Waals surface area (Å²) in [5.41, 5.74) is 1.14. The van der Waals surface area contributed by atoms with Gasteiger partial charge in [0.2, 0.25) is 0 Å².